The van der Waals surface area contributed by atoms with Gasteiger partial charge in [-0.2, -0.15) is 0 Å². The van der Waals surface area contributed by atoms with E-state index in [0.717, 1.165) is 17.2 Å². The van der Waals surface area contributed by atoms with Gasteiger partial charge in [0.05, 0.1) is 0 Å². The van der Waals surface area contributed by atoms with Crippen molar-refractivity contribution in [1.29, 1.82) is 0 Å². The van der Waals surface area contributed by atoms with Crippen LogP contribution in [-0.2, 0) is 0 Å². The maximum atomic E-state index is 3.57. The van der Waals surface area contributed by atoms with E-state index in [2.05, 4.69) is 50.5 Å². The second-order valence-electron chi connectivity index (χ2n) is 4.92. The molecule has 1 atom stereocenters. The molecule has 0 aromatic carbocycles. The zero-order chi connectivity index (χ0) is 9.07. The van der Waals surface area contributed by atoms with Gasteiger partial charge in [-0.1, -0.05) is 50.5 Å². The third kappa shape index (κ3) is 5.72. The first-order chi connectivity index (χ1) is 4.87. The highest BCUT2D eigenvalue weighted by Gasteiger charge is 2.19. The Morgan fingerprint density at radius 2 is 1.64 bits per heavy atom. The molecule has 0 spiro atoms. The number of halogens is 1. The summed E-state index contributed by atoms with van der Waals surface area (Å²) in [7, 11) is 0. The summed E-state index contributed by atoms with van der Waals surface area (Å²) in [6.07, 6.45) is 1.32. The van der Waals surface area contributed by atoms with Crippen LogP contribution in [0.25, 0.3) is 0 Å². The molecular weight excluding hydrogens is 200 g/mol. The molecule has 0 bridgehead atoms. The first-order valence-corrected chi connectivity index (χ1v) is 5.55. The van der Waals surface area contributed by atoms with E-state index in [1.165, 1.54) is 6.42 Å². The topological polar surface area (TPSA) is 0 Å². The zero-order valence-corrected chi connectivity index (χ0v) is 10.0. The van der Waals surface area contributed by atoms with Crippen molar-refractivity contribution in [3.05, 3.63) is 0 Å². The maximum Gasteiger partial charge on any atom is 0.00623 e. The Kier molecular flexibility index (Phi) is 4.69. The second kappa shape index (κ2) is 4.49. The van der Waals surface area contributed by atoms with E-state index in [-0.39, 0.29) is 0 Å². The van der Waals surface area contributed by atoms with Gasteiger partial charge in [-0.05, 0) is 23.7 Å². The quantitative estimate of drug-likeness (QED) is 0.629. The van der Waals surface area contributed by atoms with Gasteiger partial charge in [0.2, 0.25) is 0 Å². The van der Waals surface area contributed by atoms with E-state index in [4.69, 9.17) is 0 Å². The summed E-state index contributed by atoms with van der Waals surface area (Å²) in [6, 6.07) is 0. The van der Waals surface area contributed by atoms with Crippen LogP contribution in [0.1, 0.15) is 41.0 Å². The lowest BCUT2D eigenvalue weighted by atomic mass is 9.81. The van der Waals surface area contributed by atoms with Crippen molar-refractivity contribution in [2.75, 3.05) is 5.33 Å². The van der Waals surface area contributed by atoms with Crippen LogP contribution in [0.2, 0.25) is 0 Å². The maximum absolute atomic E-state index is 3.57. The van der Waals surface area contributed by atoms with Crippen molar-refractivity contribution in [2.24, 2.45) is 17.3 Å². The Morgan fingerprint density at radius 3 is 1.73 bits per heavy atom. The standard InChI is InChI=1S/C10H21Br/c1-8(2)9(7-11)6-10(3,4)5/h8-9H,6-7H2,1-5H3. The Balaban J connectivity index is 3.88. The Hall–Kier alpha value is 0.480. The van der Waals surface area contributed by atoms with E-state index >= 15 is 0 Å². The van der Waals surface area contributed by atoms with Gasteiger partial charge >= 0.3 is 0 Å². The normalized spacial score (nSPS) is 15.5. The van der Waals surface area contributed by atoms with Gasteiger partial charge in [0, 0.05) is 5.33 Å². The molecule has 0 radical (unpaired) electrons. The Labute approximate surface area is 79.9 Å². The molecule has 0 N–H and O–H groups in total. The molecule has 68 valence electrons. The highest BCUT2D eigenvalue weighted by Crippen LogP contribution is 2.29. The van der Waals surface area contributed by atoms with Gasteiger partial charge in [-0.3, -0.25) is 0 Å². The molecule has 1 heteroatoms. The van der Waals surface area contributed by atoms with Crippen molar-refractivity contribution in [1.82, 2.24) is 0 Å². The van der Waals surface area contributed by atoms with E-state index < -0.39 is 0 Å². The van der Waals surface area contributed by atoms with Gasteiger partial charge in [-0.15, -0.1) is 0 Å². The Bertz CT molecular complexity index is 99.9. The molecule has 0 aliphatic rings. The molecule has 0 heterocycles. The minimum atomic E-state index is 0.475. The molecule has 0 aliphatic heterocycles. The van der Waals surface area contributed by atoms with Gasteiger partial charge in [0.15, 0.2) is 0 Å². The largest absolute Gasteiger partial charge is 0.0925 e. The predicted molar refractivity (Wildman–Crippen MR) is 56.2 cm³/mol. The fraction of sp³-hybridized carbons (Fsp3) is 1.00. The smallest absolute Gasteiger partial charge is 0.00623 e. The van der Waals surface area contributed by atoms with E-state index in [1.807, 2.05) is 0 Å². The average Bonchev–Trinajstić information content (AvgIpc) is 1.80. The van der Waals surface area contributed by atoms with Crippen molar-refractivity contribution >= 4 is 15.9 Å². The number of hydrogen-bond acceptors (Lipinski definition) is 0. The molecule has 0 fully saturated rings. The SMILES string of the molecule is CC(C)C(CBr)CC(C)(C)C. The summed E-state index contributed by atoms with van der Waals surface area (Å²) in [5, 5.41) is 1.14. The fourth-order valence-electron chi connectivity index (χ4n) is 1.25. The summed E-state index contributed by atoms with van der Waals surface area (Å²) in [6.45, 7) is 11.5. The molecule has 0 aromatic rings. The third-order valence-corrected chi connectivity index (χ3v) is 2.85. The summed E-state index contributed by atoms with van der Waals surface area (Å²) >= 11 is 3.57. The molecule has 1 unspecified atom stereocenters. The van der Waals surface area contributed by atoms with Crippen molar-refractivity contribution in [2.45, 2.75) is 41.0 Å². The predicted octanol–water partition coefficient (Wildman–Crippen LogP) is 4.09. The summed E-state index contributed by atoms with van der Waals surface area (Å²) in [4.78, 5) is 0. The van der Waals surface area contributed by atoms with Crippen LogP contribution in [0.4, 0.5) is 0 Å². The molecule has 0 amide bonds. The first kappa shape index (κ1) is 11.5. The van der Waals surface area contributed by atoms with Gasteiger partial charge in [-0.25, -0.2) is 0 Å². The molecule has 0 aromatic heterocycles. The lowest BCUT2D eigenvalue weighted by molar-refractivity contribution is 0.265. The second-order valence-corrected chi connectivity index (χ2v) is 5.57. The summed E-state index contributed by atoms with van der Waals surface area (Å²) in [5.41, 5.74) is 0.475. The first-order valence-electron chi connectivity index (χ1n) is 4.43. The van der Waals surface area contributed by atoms with Crippen LogP contribution in [0, 0.1) is 17.3 Å². The number of alkyl halides is 1. The molecular formula is C10H21Br. The summed E-state index contributed by atoms with van der Waals surface area (Å²) < 4.78 is 0. The molecule has 0 saturated heterocycles. The lowest BCUT2D eigenvalue weighted by Gasteiger charge is -2.27. The van der Waals surface area contributed by atoms with E-state index in [1.54, 1.807) is 0 Å². The molecule has 0 saturated carbocycles. The molecule has 0 aliphatic carbocycles. The van der Waals surface area contributed by atoms with Crippen LogP contribution in [0.15, 0.2) is 0 Å². The minimum absolute atomic E-state index is 0.475. The van der Waals surface area contributed by atoms with Gasteiger partial charge < -0.3 is 0 Å². The lowest BCUT2D eigenvalue weighted by Crippen LogP contribution is -2.18. The summed E-state index contributed by atoms with van der Waals surface area (Å²) in [5.74, 6) is 1.63. The van der Waals surface area contributed by atoms with Gasteiger partial charge in [0.25, 0.3) is 0 Å². The van der Waals surface area contributed by atoms with Crippen LogP contribution < -0.4 is 0 Å². The fourth-order valence-corrected chi connectivity index (χ4v) is 2.23. The highest BCUT2D eigenvalue weighted by molar-refractivity contribution is 9.09. The van der Waals surface area contributed by atoms with Gasteiger partial charge in [0.1, 0.15) is 0 Å². The van der Waals surface area contributed by atoms with Crippen molar-refractivity contribution in [3.63, 3.8) is 0 Å². The molecule has 11 heavy (non-hydrogen) atoms. The number of hydrogen-bond donors (Lipinski definition) is 0. The molecule has 0 rings (SSSR count). The number of rotatable bonds is 3. The van der Waals surface area contributed by atoms with Crippen LogP contribution in [0.3, 0.4) is 0 Å². The zero-order valence-electron chi connectivity index (χ0n) is 8.45. The monoisotopic (exact) mass is 220 g/mol. The van der Waals surface area contributed by atoms with E-state index in [9.17, 15) is 0 Å². The van der Waals surface area contributed by atoms with Crippen LogP contribution >= 0.6 is 15.9 Å². The third-order valence-electron chi connectivity index (χ3n) is 2.02. The average molecular weight is 221 g/mol. The van der Waals surface area contributed by atoms with Crippen molar-refractivity contribution < 1.29 is 0 Å². The van der Waals surface area contributed by atoms with E-state index in [0.29, 0.717) is 5.41 Å². The Morgan fingerprint density at radius 1 is 1.18 bits per heavy atom. The highest BCUT2D eigenvalue weighted by atomic mass is 79.9. The van der Waals surface area contributed by atoms with Crippen molar-refractivity contribution in [3.8, 4) is 0 Å². The van der Waals surface area contributed by atoms with Crippen LogP contribution in [-0.4, -0.2) is 5.33 Å². The minimum Gasteiger partial charge on any atom is -0.0925 e. The van der Waals surface area contributed by atoms with Crippen LogP contribution in [0.5, 0.6) is 0 Å². The molecule has 0 nitrogen and oxygen atoms in total.